The normalized spacial score (nSPS) is 12.5. The maximum absolute atomic E-state index is 12.3. The van der Waals surface area contributed by atoms with E-state index in [-0.39, 0.29) is 6.42 Å². The topological polar surface area (TPSA) is 86.7 Å². The van der Waals surface area contributed by atoms with Crippen molar-refractivity contribution >= 4 is 23.9 Å². The molecule has 2 atom stereocenters. The quantitative estimate of drug-likeness (QED) is 0.358. The van der Waals surface area contributed by atoms with Gasteiger partial charge < -0.3 is 9.47 Å². The number of ether oxygens (including phenoxy) is 2. The van der Waals surface area contributed by atoms with Gasteiger partial charge >= 0.3 is 23.9 Å². The molecule has 0 aliphatic heterocycles. The summed E-state index contributed by atoms with van der Waals surface area (Å²) in [5.74, 6) is -4.36. The van der Waals surface area contributed by atoms with E-state index in [0.29, 0.717) is 11.1 Å². The maximum atomic E-state index is 12.3. The zero-order chi connectivity index (χ0) is 24.4. The highest BCUT2D eigenvalue weighted by Gasteiger charge is 2.26. The van der Waals surface area contributed by atoms with Crippen molar-refractivity contribution < 1.29 is 28.7 Å². The fraction of sp³-hybridized carbons (Fsp3) is 0.407. The molecule has 0 N–H and O–H groups in total. The number of benzene rings is 2. The molecule has 2 aromatic carbocycles. The van der Waals surface area contributed by atoms with Crippen LogP contribution in [0.5, 0.6) is 0 Å². The van der Waals surface area contributed by atoms with Gasteiger partial charge in [-0.1, -0.05) is 64.8 Å². The minimum absolute atomic E-state index is 0.0864. The van der Waals surface area contributed by atoms with Crippen molar-refractivity contribution in [2.24, 2.45) is 11.8 Å². The van der Waals surface area contributed by atoms with E-state index in [2.05, 4.69) is 13.8 Å². The molecule has 33 heavy (non-hydrogen) atoms. The summed E-state index contributed by atoms with van der Waals surface area (Å²) < 4.78 is 9.93. The third kappa shape index (κ3) is 7.97. The van der Waals surface area contributed by atoms with Gasteiger partial charge in [0.05, 0.1) is 23.0 Å². The lowest BCUT2D eigenvalue weighted by atomic mass is 9.97. The summed E-state index contributed by atoms with van der Waals surface area (Å²) in [5, 5.41) is 0. The summed E-state index contributed by atoms with van der Waals surface area (Å²) in [6.45, 7) is 7.27. The Morgan fingerprint density at radius 2 is 0.970 bits per heavy atom. The van der Waals surface area contributed by atoms with E-state index < -0.39 is 35.7 Å². The Labute approximate surface area is 195 Å². The molecular weight excluding hydrogens is 420 g/mol. The Morgan fingerprint density at radius 3 is 1.27 bits per heavy atom. The number of aryl methyl sites for hydroxylation is 2. The van der Waals surface area contributed by atoms with E-state index in [1.54, 1.807) is 38.1 Å². The molecule has 0 amide bonds. The fourth-order valence-corrected chi connectivity index (χ4v) is 3.42. The smallest absolute Gasteiger partial charge is 0.345 e. The standard InChI is InChI=1S/C27H32O6/c1-5-7-20-9-13-22(14-10-20)26(30)32-24(28)18(3)17-19(4)25(29)33-27(31)23-15-11-21(8-6-2)12-16-23/h9-16,18-19H,5-8,17H2,1-4H3. The number of carbonyl (C=O) groups is 4. The van der Waals surface area contributed by atoms with Gasteiger partial charge in [0.25, 0.3) is 0 Å². The first-order chi connectivity index (χ1) is 15.7. The van der Waals surface area contributed by atoms with Crippen LogP contribution in [0.2, 0.25) is 0 Å². The molecule has 0 spiro atoms. The van der Waals surface area contributed by atoms with Crippen LogP contribution in [0.3, 0.4) is 0 Å². The van der Waals surface area contributed by atoms with Crippen LogP contribution >= 0.6 is 0 Å². The maximum Gasteiger partial charge on any atom is 0.345 e. The summed E-state index contributed by atoms with van der Waals surface area (Å²) in [6, 6.07) is 13.9. The molecule has 0 aromatic heterocycles. The third-order valence-electron chi connectivity index (χ3n) is 5.36. The molecule has 176 valence electrons. The molecule has 0 fully saturated rings. The van der Waals surface area contributed by atoms with Crippen LogP contribution in [-0.4, -0.2) is 23.9 Å². The minimum atomic E-state index is -0.730. The highest BCUT2D eigenvalue weighted by atomic mass is 16.6. The van der Waals surface area contributed by atoms with Crippen molar-refractivity contribution in [1.82, 2.24) is 0 Å². The van der Waals surface area contributed by atoms with Crippen LogP contribution in [0.15, 0.2) is 48.5 Å². The van der Waals surface area contributed by atoms with Gasteiger partial charge in [0, 0.05) is 0 Å². The van der Waals surface area contributed by atoms with E-state index in [1.807, 2.05) is 24.3 Å². The predicted octanol–water partition coefficient (Wildman–Crippen LogP) is 5.32. The van der Waals surface area contributed by atoms with Gasteiger partial charge in [0.1, 0.15) is 0 Å². The Hall–Kier alpha value is -3.28. The Kier molecular flexibility index (Phi) is 9.98. The first-order valence-electron chi connectivity index (χ1n) is 11.4. The number of esters is 4. The average Bonchev–Trinajstić information content (AvgIpc) is 2.80. The Morgan fingerprint density at radius 1 is 0.636 bits per heavy atom. The number of carbonyl (C=O) groups excluding carboxylic acids is 4. The van der Waals surface area contributed by atoms with Crippen molar-refractivity contribution in [2.45, 2.75) is 59.8 Å². The highest BCUT2D eigenvalue weighted by molar-refractivity contribution is 5.98. The molecule has 0 heterocycles. The van der Waals surface area contributed by atoms with Crippen LogP contribution in [0.4, 0.5) is 0 Å². The van der Waals surface area contributed by atoms with Crippen LogP contribution in [0, 0.1) is 11.8 Å². The van der Waals surface area contributed by atoms with Crippen molar-refractivity contribution in [2.75, 3.05) is 0 Å². The summed E-state index contributed by atoms with van der Waals surface area (Å²) in [6.07, 6.45) is 3.90. The molecule has 2 unspecified atom stereocenters. The molecule has 0 aliphatic rings. The van der Waals surface area contributed by atoms with E-state index in [1.165, 1.54) is 0 Å². The first-order valence-corrected chi connectivity index (χ1v) is 11.4. The summed E-state index contributed by atoms with van der Waals surface area (Å²) in [5.41, 5.74) is 2.79. The van der Waals surface area contributed by atoms with E-state index in [9.17, 15) is 19.2 Å². The average molecular weight is 453 g/mol. The van der Waals surface area contributed by atoms with Crippen LogP contribution in [0.25, 0.3) is 0 Å². The van der Waals surface area contributed by atoms with E-state index in [0.717, 1.165) is 36.8 Å². The zero-order valence-corrected chi connectivity index (χ0v) is 19.8. The highest BCUT2D eigenvalue weighted by Crippen LogP contribution is 2.17. The number of rotatable bonds is 10. The molecule has 6 heteroatoms. The van der Waals surface area contributed by atoms with Crippen LogP contribution < -0.4 is 0 Å². The lowest BCUT2D eigenvalue weighted by Crippen LogP contribution is -2.25. The second-order valence-electron chi connectivity index (χ2n) is 8.35. The molecule has 0 bridgehead atoms. The molecular formula is C27H32O6. The van der Waals surface area contributed by atoms with Gasteiger partial charge in [-0.05, 0) is 54.7 Å². The molecule has 0 saturated carbocycles. The number of hydrogen-bond acceptors (Lipinski definition) is 6. The van der Waals surface area contributed by atoms with E-state index in [4.69, 9.17) is 9.47 Å². The van der Waals surface area contributed by atoms with Gasteiger partial charge in [0.15, 0.2) is 0 Å². The van der Waals surface area contributed by atoms with Gasteiger partial charge in [-0.25, -0.2) is 9.59 Å². The van der Waals surface area contributed by atoms with Crippen LogP contribution in [-0.2, 0) is 31.9 Å². The van der Waals surface area contributed by atoms with Crippen molar-refractivity contribution in [3.8, 4) is 0 Å². The van der Waals surface area contributed by atoms with Gasteiger partial charge in [-0.3, -0.25) is 9.59 Å². The lowest BCUT2D eigenvalue weighted by molar-refractivity contribution is -0.145. The van der Waals surface area contributed by atoms with Gasteiger partial charge in [0.2, 0.25) is 0 Å². The molecule has 0 radical (unpaired) electrons. The van der Waals surface area contributed by atoms with Gasteiger partial charge in [-0.15, -0.1) is 0 Å². The van der Waals surface area contributed by atoms with Crippen molar-refractivity contribution in [3.05, 3.63) is 70.8 Å². The summed E-state index contributed by atoms with van der Waals surface area (Å²) in [4.78, 5) is 49.1. The largest absolute Gasteiger partial charge is 0.389 e. The third-order valence-corrected chi connectivity index (χ3v) is 5.36. The minimum Gasteiger partial charge on any atom is -0.389 e. The van der Waals surface area contributed by atoms with Crippen LogP contribution in [0.1, 0.15) is 78.8 Å². The van der Waals surface area contributed by atoms with Crippen molar-refractivity contribution in [1.29, 1.82) is 0 Å². The predicted molar refractivity (Wildman–Crippen MR) is 125 cm³/mol. The molecule has 2 rings (SSSR count). The zero-order valence-electron chi connectivity index (χ0n) is 19.8. The van der Waals surface area contributed by atoms with E-state index >= 15 is 0 Å². The number of hydrogen-bond donors (Lipinski definition) is 0. The molecule has 0 saturated heterocycles. The SMILES string of the molecule is CCCc1ccc(C(=O)OC(=O)C(C)CC(C)C(=O)OC(=O)c2ccc(CCC)cc2)cc1. The summed E-state index contributed by atoms with van der Waals surface area (Å²) in [7, 11) is 0. The second-order valence-corrected chi connectivity index (χ2v) is 8.35. The molecule has 0 aliphatic carbocycles. The van der Waals surface area contributed by atoms with Crippen molar-refractivity contribution in [3.63, 3.8) is 0 Å². The monoisotopic (exact) mass is 452 g/mol. The molecule has 2 aromatic rings. The second kappa shape index (κ2) is 12.7. The Balaban J connectivity index is 1.85. The Bertz CT molecular complexity index is 880. The first kappa shape index (κ1) is 26.0. The fourth-order valence-electron chi connectivity index (χ4n) is 3.42. The lowest BCUT2D eigenvalue weighted by Gasteiger charge is -2.15. The molecule has 6 nitrogen and oxygen atoms in total. The van der Waals surface area contributed by atoms with Gasteiger partial charge in [-0.2, -0.15) is 0 Å². The summed E-state index contributed by atoms with van der Waals surface area (Å²) >= 11 is 0.